The molecule has 7 heteroatoms. The predicted molar refractivity (Wildman–Crippen MR) is 102 cm³/mol. The second-order valence-electron chi connectivity index (χ2n) is 8.07. The highest BCUT2D eigenvalue weighted by Crippen LogP contribution is 2.26. The number of pyridine rings is 1. The first-order valence-corrected chi connectivity index (χ1v) is 10.2. The highest BCUT2D eigenvalue weighted by Gasteiger charge is 2.37. The monoisotopic (exact) mass is 371 g/mol. The van der Waals surface area contributed by atoms with Crippen LogP contribution >= 0.6 is 0 Å². The highest BCUT2D eigenvalue weighted by atomic mass is 16.2. The molecule has 3 unspecified atom stereocenters. The summed E-state index contributed by atoms with van der Waals surface area (Å²) in [6, 6.07) is 4.00. The van der Waals surface area contributed by atoms with Gasteiger partial charge in [0.05, 0.1) is 5.56 Å². The number of piperidine rings is 1. The molecule has 0 bridgehead atoms. The topological polar surface area (TPSA) is 86.4 Å². The number of likely N-dealkylation sites (tertiary alicyclic amines) is 1. The van der Waals surface area contributed by atoms with E-state index in [1.54, 1.807) is 18.5 Å². The third-order valence-electron chi connectivity index (χ3n) is 6.17. The number of carbonyl (C=O) groups is 2. The number of amides is 2. The van der Waals surface area contributed by atoms with Gasteiger partial charge >= 0.3 is 0 Å². The van der Waals surface area contributed by atoms with Gasteiger partial charge in [-0.3, -0.25) is 20.0 Å². The minimum atomic E-state index is -0.181. The Morgan fingerprint density at radius 2 is 2.00 bits per heavy atom. The summed E-state index contributed by atoms with van der Waals surface area (Å²) in [5.41, 5.74) is 7.14. The lowest BCUT2D eigenvalue weighted by Gasteiger charge is -2.35. The van der Waals surface area contributed by atoms with Gasteiger partial charge in [-0.05, 0) is 50.2 Å². The van der Waals surface area contributed by atoms with Crippen LogP contribution in [0.15, 0.2) is 24.5 Å². The van der Waals surface area contributed by atoms with Crippen LogP contribution in [0.25, 0.3) is 0 Å². The Kier molecular flexibility index (Phi) is 5.69. The SMILES string of the molecule is O=C(NC1CCCC1)C1CC(C2CCCN(C(=O)c3cccnc3)C2)NN1. The molecule has 2 aliphatic heterocycles. The highest BCUT2D eigenvalue weighted by molar-refractivity contribution is 5.93. The van der Waals surface area contributed by atoms with Crippen LogP contribution in [0.2, 0.25) is 0 Å². The van der Waals surface area contributed by atoms with Crippen LogP contribution in [0.4, 0.5) is 0 Å². The summed E-state index contributed by atoms with van der Waals surface area (Å²) in [6.07, 6.45) is 10.8. The first kappa shape index (κ1) is 18.4. The normalized spacial score (nSPS) is 29.0. The van der Waals surface area contributed by atoms with Crippen molar-refractivity contribution in [3.63, 3.8) is 0 Å². The lowest BCUT2D eigenvalue weighted by molar-refractivity contribution is -0.123. The molecule has 2 saturated heterocycles. The Bertz CT molecular complexity index is 662. The minimum absolute atomic E-state index is 0.0503. The number of carbonyl (C=O) groups excluding carboxylic acids is 2. The maximum atomic E-state index is 12.7. The molecule has 3 heterocycles. The molecule has 1 aromatic heterocycles. The third-order valence-corrected chi connectivity index (χ3v) is 6.17. The summed E-state index contributed by atoms with van der Waals surface area (Å²) < 4.78 is 0. The lowest BCUT2D eigenvalue weighted by Crippen LogP contribution is -2.48. The fraction of sp³-hybridized carbons (Fsp3) is 0.650. The van der Waals surface area contributed by atoms with Crippen molar-refractivity contribution in [2.75, 3.05) is 13.1 Å². The van der Waals surface area contributed by atoms with Crippen LogP contribution in [0.5, 0.6) is 0 Å². The second-order valence-corrected chi connectivity index (χ2v) is 8.07. The quantitative estimate of drug-likeness (QED) is 0.741. The standard InChI is InChI=1S/C20H29N5O2/c26-19(22-16-7-1-2-8-16)18-11-17(23-24-18)15-6-4-10-25(13-15)20(27)14-5-3-9-21-12-14/h3,5,9,12,15-18,23-24H,1-2,4,6-8,10-11,13H2,(H,22,26). The number of nitrogens with zero attached hydrogens (tertiary/aromatic N) is 2. The molecule has 1 saturated carbocycles. The van der Waals surface area contributed by atoms with Crippen LogP contribution in [-0.2, 0) is 4.79 Å². The number of rotatable bonds is 4. The Morgan fingerprint density at radius 3 is 2.78 bits per heavy atom. The Labute approximate surface area is 160 Å². The van der Waals surface area contributed by atoms with Gasteiger partial charge in [-0.1, -0.05) is 12.8 Å². The van der Waals surface area contributed by atoms with Gasteiger partial charge < -0.3 is 10.2 Å². The molecule has 0 aromatic carbocycles. The molecule has 1 aliphatic carbocycles. The molecular weight excluding hydrogens is 342 g/mol. The van der Waals surface area contributed by atoms with Crippen molar-refractivity contribution in [1.82, 2.24) is 26.1 Å². The van der Waals surface area contributed by atoms with Gasteiger partial charge in [0, 0.05) is 37.6 Å². The van der Waals surface area contributed by atoms with E-state index in [0.717, 1.165) is 45.2 Å². The van der Waals surface area contributed by atoms with Crippen molar-refractivity contribution in [1.29, 1.82) is 0 Å². The summed E-state index contributed by atoms with van der Waals surface area (Å²) >= 11 is 0. The van der Waals surface area contributed by atoms with Gasteiger partial charge in [0.25, 0.3) is 5.91 Å². The maximum absolute atomic E-state index is 12.7. The van der Waals surface area contributed by atoms with E-state index in [4.69, 9.17) is 0 Å². The van der Waals surface area contributed by atoms with Crippen molar-refractivity contribution in [3.05, 3.63) is 30.1 Å². The number of hydrazine groups is 1. The van der Waals surface area contributed by atoms with Crippen molar-refractivity contribution < 1.29 is 9.59 Å². The van der Waals surface area contributed by atoms with E-state index < -0.39 is 0 Å². The Morgan fingerprint density at radius 1 is 1.15 bits per heavy atom. The van der Waals surface area contributed by atoms with Gasteiger partial charge in [-0.15, -0.1) is 0 Å². The van der Waals surface area contributed by atoms with Gasteiger partial charge in [0.2, 0.25) is 5.91 Å². The molecular formula is C20H29N5O2. The van der Waals surface area contributed by atoms with E-state index in [0.29, 0.717) is 17.5 Å². The molecule has 3 N–H and O–H groups in total. The van der Waals surface area contributed by atoms with Crippen LogP contribution < -0.4 is 16.2 Å². The van der Waals surface area contributed by atoms with Crippen molar-refractivity contribution >= 4 is 11.8 Å². The Balaban J connectivity index is 1.31. The van der Waals surface area contributed by atoms with E-state index in [1.807, 2.05) is 11.0 Å². The summed E-state index contributed by atoms with van der Waals surface area (Å²) in [4.78, 5) is 31.2. The van der Waals surface area contributed by atoms with Gasteiger partial charge in [0.15, 0.2) is 0 Å². The van der Waals surface area contributed by atoms with Gasteiger partial charge in [0.1, 0.15) is 6.04 Å². The molecule has 146 valence electrons. The second kappa shape index (κ2) is 8.35. The van der Waals surface area contributed by atoms with Crippen LogP contribution in [0, 0.1) is 5.92 Å². The van der Waals surface area contributed by atoms with Crippen molar-refractivity contribution in [2.45, 2.75) is 63.1 Å². The first-order valence-electron chi connectivity index (χ1n) is 10.2. The molecule has 3 fully saturated rings. The fourth-order valence-corrected chi connectivity index (χ4v) is 4.63. The van der Waals surface area contributed by atoms with Crippen LogP contribution in [0.3, 0.4) is 0 Å². The summed E-state index contributed by atoms with van der Waals surface area (Å²) in [7, 11) is 0. The largest absolute Gasteiger partial charge is 0.352 e. The number of hydrogen-bond acceptors (Lipinski definition) is 5. The first-order chi connectivity index (χ1) is 13.2. The summed E-state index contributed by atoms with van der Waals surface area (Å²) in [5.74, 6) is 0.515. The zero-order chi connectivity index (χ0) is 18.6. The number of hydrogen-bond donors (Lipinski definition) is 3. The van der Waals surface area contributed by atoms with Crippen LogP contribution in [-0.4, -0.2) is 52.9 Å². The smallest absolute Gasteiger partial charge is 0.255 e. The lowest BCUT2D eigenvalue weighted by atomic mass is 9.88. The molecule has 7 nitrogen and oxygen atoms in total. The summed E-state index contributed by atoms with van der Waals surface area (Å²) in [6.45, 7) is 1.51. The molecule has 3 atom stereocenters. The Hall–Kier alpha value is -1.99. The summed E-state index contributed by atoms with van der Waals surface area (Å²) in [5, 5.41) is 3.18. The van der Waals surface area contributed by atoms with Gasteiger partial charge in [-0.2, -0.15) is 0 Å². The van der Waals surface area contributed by atoms with Crippen LogP contribution in [0.1, 0.15) is 55.3 Å². The van der Waals surface area contributed by atoms with E-state index in [9.17, 15) is 9.59 Å². The maximum Gasteiger partial charge on any atom is 0.255 e. The molecule has 0 spiro atoms. The third kappa shape index (κ3) is 4.30. The van der Waals surface area contributed by atoms with E-state index in [1.165, 1.54) is 12.8 Å². The predicted octanol–water partition coefficient (Wildman–Crippen LogP) is 1.23. The number of nitrogens with one attached hydrogen (secondary N) is 3. The van der Waals surface area contributed by atoms with Crippen molar-refractivity contribution in [3.8, 4) is 0 Å². The van der Waals surface area contributed by atoms with E-state index >= 15 is 0 Å². The molecule has 0 radical (unpaired) electrons. The number of aromatic nitrogens is 1. The molecule has 1 aromatic rings. The molecule has 4 rings (SSSR count). The van der Waals surface area contributed by atoms with Gasteiger partial charge in [-0.25, -0.2) is 5.43 Å². The molecule has 3 aliphatic rings. The van der Waals surface area contributed by atoms with E-state index in [-0.39, 0.29) is 23.9 Å². The zero-order valence-electron chi connectivity index (χ0n) is 15.7. The average Bonchev–Trinajstić information content (AvgIpc) is 3.40. The van der Waals surface area contributed by atoms with E-state index in [2.05, 4.69) is 21.2 Å². The fourth-order valence-electron chi connectivity index (χ4n) is 4.63. The average molecular weight is 371 g/mol. The van der Waals surface area contributed by atoms with Crippen molar-refractivity contribution in [2.24, 2.45) is 5.92 Å². The molecule has 2 amide bonds. The molecule has 27 heavy (non-hydrogen) atoms. The zero-order valence-corrected chi connectivity index (χ0v) is 15.7. The minimum Gasteiger partial charge on any atom is -0.352 e.